The quantitative estimate of drug-likeness (QED) is 0.801. The normalized spacial score (nSPS) is 20.1. The summed E-state index contributed by atoms with van der Waals surface area (Å²) in [6, 6.07) is 14.6. The van der Waals surface area contributed by atoms with Crippen molar-refractivity contribution < 1.29 is 14.3 Å². The van der Waals surface area contributed by atoms with E-state index in [0.29, 0.717) is 19.5 Å². The molecule has 150 valence electrons. The molecule has 3 heterocycles. The maximum absolute atomic E-state index is 12.9. The minimum Gasteiger partial charge on any atom is -0.474 e. The molecule has 3 aliphatic heterocycles. The molecule has 5 nitrogen and oxygen atoms in total. The van der Waals surface area contributed by atoms with E-state index in [1.807, 2.05) is 23.1 Å². The Kier molecular flexibility index (Phi) is 4.84. The Morgan fingerprint density at radius 2 is 1.90 bits per heavy atom. The summed E-state index contributed by atoms with van der Waals surface area (Å²) in [5, 5.41) is 0. The van der Waals surface area contributed by atoms with Gasteiger partial charge in [0.2, 0.25) is 11.8 Å². The average Bonchev–Trinajstić information content (AvgIpc) is 3.14. The number of amides is 1. The van der Waals surface area contributed by atoms with E-state index < -0.39 is 0 Å². The number of carbonyl (C=O) groups excluding carboxylic acids is 1. The van der Waals surface area contributed by atoms with Crippen molar-refractivity contribution in [3.8, 4) is 0 Å². The lowest BCUT2D eigenvalue weighted by Gasteiger charge is -2.34. The molecule has 0 aliphatic carbocycles. The van der Waals surface area contributed by atoms with Crippen LogP contribution in [0.1, 0.15) is 53.6 Å². The number of fused-ring (bicyclic) bond motifs is 2. The van der Waals surface area contributed by atoms with Gasteiger partial charge in [-0.1, -0.05) is 36.4 Å². The van der Waals surface area contributed by atoms with E-state index >= 15 is 0 Å². The highest BCUT2D eigenvalue weighted by Gasteiger charge is 2.31. The summed E-state index contributed by atoms with van der Waals surface area (Å²) in [5.74, 6) is 0.945. The Labute approximate surface area is 171 Å². The first-order chi connectivity index (χ1) is 14.2. The zero-order valence-corrected chi connectivity index (χ0v) is 16.8. The van der Waals surface area contributed by atoms with Crippen LogP contribution in [0.2, 0.25) is 0 Å². The van der Waals surface area contributed by atoms with Gasteiger partial charge in [0.25, 0.3) is 0 Å². The largest absolute Gasteiger partial charge is 0.474 e. The lowest BCUT2D eigenvalue weighted by atomic mass is 9.92. The minimum absolute atomic E-state index is 0.0525. The molecule has 0 saturated carbocycles. The van der Waals surface area contributed by atoms with Gasteiger partial charge in [0.15, 0.2) is 0 Å². The summed E-state index contributed by atoms with van der Waals surface area (Å²) in [5.41, 5.74) is 5.76. The maximum atomic E-state index is 12.9. The molecule has 2 aromatic carbocycles. The SMILES string of the molecule is C[C@H](c1ccccc1)N1Cc2cc3c(cc2CC1=O)CN=C3OC1CCOCC1. The highest BCUT2D eigenvalue weighted by atomic mass is 16.5. The Morgan fingerprint density at radius 3 is 2.69 bits per heavy atom. The number of rotatable bonds is 3. The van der Waals surface area contributed by atoms with Gasteiger partial charge in [-0.15, -0.1) is 0 Å². The van der Waals surface area contributed by atoms with E-state index in [9.17, 15) is 4.79 Å². The van der Waals surface area contributed by atoms with Gasteiger partial charge in [0.05, 0.1) is 32.2 Å². The minimum atomic E-state index is 0.0525. The van der Waals surface area contributed by atoms with Gasteiger partial charge in [0, 0.05) is 24.9 Å². The van der Waals surface area contributed by atoms with E-state index in [1.165, 1.54) is 11.1 Å². The molecule has 29 heavy (non-hydrogen) atoms. The van der Waals surface area contributed by atoms with Gasteiger partial charge < -0.3 is 14.4 Å². The van der Waals surface area contributed by atoms with Gasteiger partial charge in [-0.2, -0.15) is 0 Å². The molecule has 5 heteroatoms. The number of aliphatic imine (C=N–C) groups is 1. The van der Waals surface area contributed by atoms with Crippen molar-refractivity contribution in [1.82, 2.24) is 4.90 Å². The molecule has 0 radical (unpaired) electrons. The van der Waals surface area contributed by atoms with Gasteiger partial charge in [0.1, 0.15) is 6.10 Å². The number of ether oxygens (including phenoxy) is 2. The Hall–Kier alpha value is -2.66. The first kappa shape index (κ1) is 18.4. The van der Waals surface area contributed by atoms with Crippen LogP contribution in [-0.4, -0.2) is 36.0 Å². The van der Waals surface area contributed by atoms with Crippen molar-refractivity contribution >= 4 is 11.8 Å². The van der Waals surface area contributed by atoms with Crippen molar-refractivity contribution in [1.29, 1.82) is 0 Å². The average molecular weight is 390 g/mol. The summed E-state index contributed by atoms with van der Waals surface area (Å²) in [6.07, 6.45) is 2.46. The molecule has 0 spiro atoms. The van der Waals surface area contributed by atoms with Crippen molar-refractivity contribution in [3.05, 3.63) is 70.3 Å². The Morgan fingerprint density at radius 1 is 1.10 bits per heavy atom. The van der Waals surface area contributed by atoms with E-state index in [1.54, 1.807) is 0 Å². The van der Waals surface area contributed by atoms with Gasteiger partial charge in [-0.3, -0.25) is 4.79 Å². The zero-order chi connectivity index (χ0) is 19.8. The van der Waals surface area contributed by atoms with Gasteiger partial charge in [-0.25, -0.2) is 4.99 Å². The second-order valence-corrected chi connectivity index (χ2v) is 8.11. The maximum Gasteiger partial charge on any atom is 0.227 e. The Bertz CT molecular complexity index is 948. The summed E-state index contributed by atoms with van der Waals surface area (Å²) in [4.78, 5) is 19.5. The van der Waals surface area contributed by atoms with Gasteiger partial charge >= 0.3 is 0 Å². The summed E-state index contributed by atoms with van der Waals surface area (Å²) >= 11 is 0. The summed E-state index contributed by atoms with van der Waals surface area (Å²) in [7, 11) is 0. The first-order valence-corrected chi connectivity index (χ1v) is 10.5. The fourth-order valence-corrected chi connectivity index (χ4v) is 4.48. The monoisotopic (exact) mass is 390 g/mol. The van der Waals surface area contributed by atoms with E-state index in [4.69, 9.17) is 9.47 Å². The topological polar surface area (TPSA) is 51.1 Å². The third-order valence-corrected chi connectivity index (χ3v) is 6.25. The predicted octanol–water partition coefficient (Wildman–Crippen LogP) is 3.79. The molecule has 0 bridgehead atoms. The van der Waals surface area contributed by atoms with Crippen molar-refractivity contribution in [2.24, 2.45) is 4.99 Å². The van der Waals surface area contributed by atoms with E-state index in [2.05, 4.69) is 36.2 Å². The van der Waals surface area contributed by atoms with Crippen molar-refractivity contribution in [2.45, 2.75) is 51.4 Å². The van der Waals surface area contributed by atoms with Crippen LogP contribution in [0.25, 0.3) is 0 Å². The zero-order valence-electron chi connectivity index (χ0n) is 16.8. The molecule has 3 aliphatic rings. The smallest absolute Gasteiger partial charge is 0.227 e. The third-order valence-electron chi connectivity index (χ3n) is 6.25. The molecule has 0 unspecified atom stereocenters. The fraction of sp³-hybridized carbons (Fsp3) is 0.417. The van der Waals surface area contributed by atoms with Crippen molar-refractivity contribution in [2.75, 3.05) is 13.2 Å². The summed E-state index contributed by atoms with van der Waals surface area (Å²) < 4.78 is 11.7. The highest BCUT2D eigenvalue weighted by Crippen LogP contribution is 2.32. The fourth-order valence-electron chi connectivity index (χ4n) is 4.48. The van der Waals surface area contributed by atoms with Crippen LogP contribution < -0.4 is 0 Å². The number of nitrogens with zero attached hydrogens (tertiary/aromatic N) is 2. The lowest BCUT2D eigenvalue weighted by Crippen LogP contribution is -2.38. The van der Waals surface area contributed by atoms with Crippen LogP contribution in [0.5, 0.6) is 0 Å². The highest BCUT2D eigenvalue weighted by molar-refractivity contribution is 5.98. The van der Waals surface area contributed by atoms with Crippen LogP contribution in [-0.2, 0) is 33.8 Å². The second kappa shape index (κ2) is 7.64. The van der Waals surface area contributed by atoms with E-state index in [0.717, 1.165) is 48.6 Å². The number of hydrogen-bond acceptors (Lipinski definition) is 4. The molecule has 1 amide bonds. The molecular formula is C24H26N2O3. The van der Waals surface area contributed by atoms with E-state index in [-0.39, 0.29) is 18.1 Å². The van der Waals surface area contributed by atoms with Crippen LogP contribution in [0.4, 0.5) is 0 Å². The number of hydrogen-bond donors (Lipinski definition) is 0. The molecule has 5 rings (SSSR count). The molecular weight excluding hydrogens is 364 g/mol. The summed E-state index contributed by atoms with van der Waals surface area (Å²) in [6.45, 7) is 4.88. The molecule has 1 fully saturated rings. The molecule has 2 aromatic rings. The third kappa shape index (κ3) is 3.55. The van der Waals surface area contributed by atoms with Crippen LogP contribution in [0, 0.1) is 0 Å². The molecule has 0 aromatic heterocycles. The van der Waals surface area contributed by atoms with Crippen LogP contribution in [0.15, 0.2) is 47.5 Å². The predicted molar refractivity (Wildman–Crippen MR) is 111 cm³/mol. The number of benzene rings is 2. The molecule has 1 atom stereocenters. The lowest BCUT2D eigenvalue weighted by molar-refractivity contribution is -0.134. The van der Waals surface area contributed by atoms with Crippen molar-refractivity contribution in [3.63, 3.8) is 0 Å². The first-order valence-electron chi connectivity index (χ1n) is 10.5. The van der Waals surface area contributed by atoms with Crippen LogP contribution in [0.3, 0.4) is 0 Å². The van der Waals surface area contributed by atoms with Gasteiger partial charge in [-0.05, 0) is 35.2 Å². The second-order valence-electron chi connectivity index (χ2n) is 8.11. The standard InChI is InChI=1S/C24H26N2O3/c1-16(17-5-3-2-4-6-17)26-15-20-12-22-19(11-18(20)13-23(26)27)14-25-24(22)29-21-7-9-28-10-8-21/h2-6,11-12,16,21H,7-10,13-15H2,1H3/t16-/m1/s1. The van der Waals surface area contributed by atoms with Crippen LogP contribution >= 0.6 is 0 Å². The molecule has 1 saturated heterocycles. The number of carbonyl (C=O) groups is 1. The Balaban J connectivity index is 1.38. The molecule has 0 N–H and O–H groups in total.